The van der Waals surface area contributed by atoms with Crippen LogP contribution in [-0.2, 0) is 0 Å². The summed E-state index contributed by atoms with van der Waals surface area (Å²) in [4.78, 5) is 12.8. The van der Waals surface area contributed by atoms with Crippen LogP contribution in [0.25, 0.3) is 0 Å². The number of carbonyl (C=O) groups excluding carboxylic acids is 1. The van der Waals surface area contributed by atoms with E-state index in [-0.39, 0.29) is 18.6 Å². The van der Waals surface area contributed by atoms with Crippen molar-refractivity contribution in [2.45, 2.75) is 37.9 Å². The van der Waals surface area contributed by atoms with Gasteiger partial charge in [-0.3, -0.25) is 0 Å². The Hall–Kier alpha value is -0.980. The van der Waals surface area contributed by atoms with Gasteiger partial charge < -0.3 is 15.3 Å². The van der Waals surface area contributed by atoms with Crippen molar-refractivity contribution >= 4 is 6.03 Å². The molecule has 1 rings (SSSR count). The third-order valence-electron chi connectivity index (χ3n) is 3.38. The maximum absolute atomic E-state index is 12.0. The van der Waals surface area contributed by atoms with Gasteiger partial charge in [0, 0.05) is 19.7 Å². The van der Waals surface area contributed by atoms with Crippen LogP contribution in [-0.4, -0.2) is 48.5 Å². The fourth-order valence-electron chi connectivity index (χ4n) is 2.18. The molecule has 0 aromatic carbocycles. The second-order valence-corrected chi connectivity index (χ2v) is 4.74. The molecule has 1 fully saturated rings. The van der Waals surface area contributed by atoms with Crippen LogP contribution in [0.1, 0.15) is 25.7 Å². The van der Waals surface area contributed by atoms with Gasteiger partial charge in [0.25, 0.3) is 0 Å². The SMILES string of the molecule is CN(C(=O)NCC(F)(F)F)C1CCC(CO)CC1. The first kappa shape index (κ1) is 15.1. The van der Waals surface area contributed by atoms with Gasteiger partial charge in [0.15, 0.2) is 0 Å². The van der Waals surface area contributed by atoms with E-state index in [9.17, 15) is 18.0 Å². The van der Waals surface area contributed by atoms with Gasteiger partial charge in [0.2, 0.25) is 0 Å². The van der Waals surface area contributed by atoms with Crippen molar-refractivity contribution in [2.75, 3.05) is 20.2 Å². The predicted molar refractivity (Wildman–Crippen MR) is 60.0 cm³/mol. The summed E-state index contributed by atoms with van der Waals surface area (Å²) in [5.41, 5.74) is 0. The summed E-state index contributed by atoms with van der Waals surface area (Å²) in [7, 11) is 1.51. The van der Waals surface area contributed by atoms with Gasteiger partial charge >= 0.3 is 12.2 Å². The highest BCUT2D eigenvalue weighted by molar-refractivity contribution is 5.74. The molecule has 0 saturated heterocycles. The molecule has 0 bridgehead atoms. The molecule has 1 aliphatic rings. The number of halogens is 3. The van der Waals surface area contributed by atoms with E-state index in [0.29, 0.717) is 0 Å². The molecule has 18 heavy (non-hydrogen) atoms. The number of carbonyl (C=O) groups is 1. The minimum Gasteiger partial charge on any atom is -0.396 e. The Morgan fingerprint density at radius 2 is 1.89 bits per heavy atom. The van der Waals surface area contributed by atoms with Gasteiger partial charge in [0.1, 0.15) is 6.54 Å². The second kappa shape index (κ2) is 6.26. The number of aliphatic hydroxyl groups excluding tert-OH is 1. The summed E-state index contributed by atoms with van der Waals surface area (Å²) in [5, 5.41) is 10.8. The average Bonchev–Trinajstić information content (AvgIpc) is 2.34. The monoisotopic (exact) mass is 268 g/mol. The lowest BCUT2D eigenvalue weighted by molar-refractivity contribution is -0.123. The number of alkyl halides is 3. The smallest absolute Gasteiger partial charge is 0.396 e. The molecule has 0 radical (unpaired) electrons. The zero-order valence-corrected chi connectivity index (χ0v) is 10.3. The number of hydrogen-bond acceptors (Lipinski definition) is 2. The molecule has 0 unspecified atom stereocenters. The molecule has 0 spiro atoms. The van der Waals surface area contributed by atoms with Crippen LogP contribution in [0.4, 0.5) is 18.0 Å². The number of aliphatic hydroxyl groups is 1. The largest absolute Gasteiger partial charge is 0.405 e. The van der Waals surface area contributed by atoms with Gasteiger partial charge in [-0.05, 0) is 31.6 Å². The Morgan fingerprint density at radius 3 is 2.33 bits per heavy atom. The minimum absolute atomic E-state index is 0.0407. The van der Waals surface area contributed by atoms with Crippen molar-refractivity contribution < 1.29 is 23.1 Å². The lowest BCUT2D eigenvalue weighted by atomic mass is 9.86. The molecule has 0 aromatic heterocycles. The number of nitrogens with zero attached hydrogens (tertiary/aromatic N) is 1. The van der Waals surface area contributed by atoms with Crippen LogP contribution in [0, 0.1) is 5.92 Å². The first-order chi connectivity index (χ1) is 8.33. The highest BCUT2D eigenvalue weighted by Gasteiger charge is 2.30. The van der Waals surface area contributed by atoms with Crippen LogP contribution in [0.5, 0.6) is 0 Å². The second-order valence-electron chi connectivity index (χ2n) is 4.74. The fourth-order valence-corrected chi connectivity index (χ4v) is 2.18. The topological polar surface area (TPSA) is 52.6 Å². The summed E-state index contributed by atoms with van der Waals surface area (Å²) in [6.07, 6.45) is -1.33. The van der Waals surface area contributed by atoms with Gasteiger partial charge in [-0.2, -0.15) is 13.2 Å². The summed E-state index contributed by atoms with van der Waals surface area (Å²) in [6.45, 7) is -1.17. The molecule has 106 valence electrons. The van der Waals surface area contributed by atoms with Crippen LogP contribution < -0.4 is 5.32 Å². The maximum atomic E-state index is 12.0. The maximum Gasteiger partial charge on any atom is 0.405 e. The van der Waals surface area contributed by atoms with E-state index >= 15 is 0 Å². The zero-order valence-electron chi connectivity index (χ0n) is 10.3. The third-order valence-corrected chi connectivity index (χ3v) is 3.38. The molecule has 1 aliphatic carbocycles. The van der Waals surface area contributed by atoms with Crippen molar-refractivity contribution in [3.63, 3.8) is 0 Å². The average molecular weight is 268 g/mol. The summed E-state index contributed by atoms with van der Waals surface area (Å²) < 4.78 is 35.9. The van der Waals surface area contributed by atoms with E-state index in [0.717, 1.165) is 25.7 Å². The first-order valence-electron chi connectivity index (χ1n) is 6.01. The Bertz CT molecular complexity index is 276. The normalized spacial score (nSPS) is 24.7. The Morgan fingerprint density at radius 1 is 1.33 bits per heavy atom. The van der Waals surface area contributed by atoms with Gasteiger partial charge in [-0.25, -0.2) is 4.79 Å². The van der Waals surface area contributed by atoms with E-state index < -0.39 is 18.8 Å². The van der Waals surface area contributed by atoms with Gasteiger partial charge in [-0.1, -0.05) is 0 Å². The van der Waals surface area contributed by atoms with Crippen LogP contribution in [0.3, 0.4) is 0 Å². The van der Waals surface area contributed by atoms with E-state index in [1.165, 1.54) is 11.9 Å². The minimum atomic E-state index is -4.38. The number of rotatable bonds is 3. The Kier molecular flexibility index (Phi) is 5.25. The number of hydrogen-bond donors (Lipinski definition) is 2. The van der Waals surface area contributed by atoms with Crippen LogP contribution in [0.15, 0.2) is 0 Å². The number of amides is 2. The molecule has 4 nitrogen and oxygen atoms in total. The standard InChI is InChI=1S/C11H19F3N2O2/c1-16(10(18)15-7-11(12,13)14)9-4-2-8(6-17)3-5-9/h8-9,17H,2-7H2,1H3,(H,15,18). The highest BCUT2D eigenvalue weighted by Crippen LogP contribution is 2.26. The Balaban J connectivity index is 2.35. The number of urea groups is 1. The van der Waals surface area contributed by atoms with Gasteiger partial charge in [0.05, 0.1) is 0 Å². The molecule has 7 heteroatoms. The van der Waals surface area contributed by atoms with Gasteiger partial charge in [-0.15, -0.1) is 0 Å². The zero-order chi connectivity index (χ0) is 13.8. The Labute approximate surface area is 104 Å². The summed E-state index contributed by atoms with van der Waals surface area (Å²) in [5.74, 6) is 0.257. The quantitative estimate of drug-likeness (QED) is 0.819. The molecule has 1 saturated carbocycles. The van der Waals surface area contributed by atoms with Crippen molar-refractivity contribution in [1.82, 2.24) is 10.2 Å². The molecular formula is C11H19F3N2O2. The first-order valence-corrected chi connectivity index (χ1v) is 6.01. The molecule has 0 aromatic rings. The fraction of sp³-hybridized carbons (Fsp3) is 0.909. The van der Waals surface area contributed by atoms with Crippen LogP contribution in [0.2, 0.25) is 0 Å². The van der Waals surface area contributed by atoms with Crippen molar-refractivity contribution in [2.24, 2.45) is 5.92 Å². The predicted octanol–water partition coefficient (Wildman–Crippen LogP) is 1.74. The van der Waals surface area contributed by atoms with E-state index in [1.807, 2.05) is 5.32 Å². The molecular weight excluding hydrogens is 249 g/mol. The molecule has 2 N–H and O–H groups in total. The van der Waals surface area contributed by atoms with Crippen molar-refractivity contribution in [3.8, 4) is 0 Å². The molecule has 0 aliphatic heterocycles. The van der Waals surface area contributed by atoms with E-state index in [1.54, 1.807) is 0 Å². The molecule has 0 heterocycles. The van der Waals surface area contributed by atoms with Crippen molar-refractivity contribution in [3.05, 3.63) is 0 Å². The molecule has 2 amide bonds. The molecule has 0 atom stereocenters. The number of nitrogens with one attached hydrogen (secondary N) is 1. The highest BCUT2D eigenvalue weighted by atomic mass is 19.4. The van der Waals surface area contributed by atoms with E-state index in [4.69, 9.17) is 5.11 Å². The van der Waals surface area contributed by atoms with E-state index in [2.05, 4.69) is 0 Å². The van der Waals surface area contributed by atoms with Crippen molar-refractivity contribution in [1.29, 1.82) is 0 Å². The summed E-state index contributed by atoms with van der Waals surface area (Å²) >= 11 is 0. The lowest BCUT2D eigenvalue weighted by Crippen LogP contribution is -2.47. The third kappa shape index (κ3) is 4.72. The van der Waals surface area contributed by atoms with Crippen LogP contribution >= 0.6 is 0 Å². The summed E-state index contributed by atoms with van der Waals surface area (Å²) in [6, 6.07) is -0.735. The lowest BCUT2D eigenvalue weighted by Gasteiger charge is -2.34.